The standard InChI is InChI=1S/C19H22NO2S/c1-13(20(2,3)4)22-12-14-9-10-18-16(11-14)19(21)15-7-5-6-8-17(15)23-18/h5-11,13H,12H2,1-4H3/q+1. The molecule has 120 valence electrons. The van der Waals surface area contributed by atoms with Crippen LogP contribution >= 0.6 is 11.3 Å². The molecule has 0 aliphatic rings. The van der Waals surface area contributed by atoms with Crippen LogP contribution in [0.3, 0.4) is 0 Å². The number of benzene rings is 2. The van der Waals surface area contributed by atoms with Crippen LogP contribution in [0.4, 0.5) is 0 Å². The van der Waals surface area contributed by atoms with Gasteiger partial charge >= 0.3 is 0 Å². The van der Waals surface area contributed by atoms with E-state index in [9.17, 15) is 4.79 Å². The summed E-state index contributed by atoms with van der Waals surface area (Å²) in [7, 11) is 6.32. The summed E-state index contributed by atoms with van der Waals surface area (Å²) in [4.78, 5) is 12.7. The lowest BCUT2D eigenvalue weighted by molar-refractivity contribution is -0.918. The minimum absolute atomic E-state index is 0.0943. The average molecular weight is 328 g/mol. The van der Waals surface area contributed by atoms with Crippen molar-refractivity contribution in [3.63, 3.8) is 0 Å². The first-order valence-electron chi connectivity index (χ1n) is 7.73. The Bertz CT molecular complexity index is 909. The van der Waals surface area contributed by atoms with Crippen LogP contribution < -0.4 is 5.43 Å². The fourth-order valence-electron chi connectivity index (χ4n) is 2.38. The molecule has 1 atom stereocenters. The average Bonchev–Trinajstić information content (AvgIpc) is 2.52. The Hall–Kier alpha value is -1.75. The smallest absolute Gasteiger partial charge is 0.195 e. The Morgan fingerprint density at radius 2 is 1.74 bits per heavy atom. The molecule has 3 aromatic rings. The van der Waals surface area contributed by atoms with Crippen molar-refractivity contribution in [3.05, 3.63) is 58.3 Å². The van der Waals surface area contributed by atoms with Crippen molar-refractivity contribution in [2.75, 3.05) is 21.1 Å². The number of hydrogen-bond acceptors (Lipinski definition) is 3. The van der Waals surface area contributed by atoms with Crippen molar-refractivity contribution in [1.29, 1.82) is 0 Å². The predicted octanol–water partition coefficient (Wildman–Crippen LogP) is 3.98. The predicted molar refractivity (Wildman–Crippen MR) is 97.9 cm³/mol. The summed E-state index contributed by atoms with van der Waals surface area (Å²) in [6, 6.07) is 13.8. The van der Waals surface area contributed by atoms with Crippen LogP contribution in [-0.4, -0.2) is 31.9 Å². The first kappa shape index (κ1) is 16.1. The van der Waals surface area contributed by atoms with Crippen LogP contribution in [0, 0.1) is 0 Å². The molecular weight excluding hydrogens is 306 g/mol. The topological polar surface area (TPSA) is 26.3 Å². The van der Waals surface area contributed by atoms with Gasteiger partial charge in [-0.15, -0.1) is 11.3 Å². The first-order valence-corrected chi connectivity index (χ1v) is 8.55. The van der Waals surface area contributed by atoms with E-state index in [0.717, 1.165) is 30.2 Å². The van der Waals surface area contributed by atoms with Crippen LogP contribution in [0.2, 0.25) is 0 Å². The molecule has 2 aromatic carbocycles. The van der Waals surface area contributed by atoms with Crippen molar-refractivity contribution in [1.82, 2.24) is 0 Å². The van der Waals surface area contributed by atoms with Gasteiger partial charge in [-0.1, -0.05) is 18.2 Å². The van der Waals surface area contributed by atoms with Gasteiger partial charge in [-0.25, -0.2) is 0 Å². The van der Waals surface area contributed by atoms with Gasteiger partial charge in [0.25, 0.3) is 0 Å². The van der Waals surface area contributed by atoms with Gasteiger partial charge in [0.2, 0.25) is 0 Å². The van der Waals surface area contributed by atoms with Crippen molar-refractivity contribution in [2.45, 2.75) is 19.8 Å². The fourth-order valence-corrected chi connectivity index (χ4v) is 3.43. The summed E-state index contributed by atoms with van der Waals surface area (Å²) in [6.45, 7) is 2.58. The van der Waals surface area contributed by atoms with E-state index >= 15 is 0 Å². The summed E-state index contributed by atoms with van der Waals surface area (Å²) in [5.41, 5.74) is 1.15. The molecule has 0 spiro atoms. The van der Waals surface area contributed by atoms with Gasteiger partial charge in [0.05, 0.1) is 27.7 Å². The van der Waals surface area contributed by atoms with Crippen LogP contribution in [0.5, 0.6) is 0 Å². The normalized spacial score (nSPS) is 13.6. The maximum Gasteiger partial charge on any atom is 0.195 e. The van der Waals surface area contributed by atoms with Gasteiger partial charge in [-0.05, 0) is 29.8 Å². The molecule has 4 heteroatoms. The highest BCUT2D eigenvalue weighted by Crippen LogP contribution is 2.25. The van der Waals surface area contributed by atoms with Crippen molar-refractivity contribution < 1.29 is 9.22 Å². The molecule has 0 fully saturated rings. The van der Waals surface area contributed by atoms with Gasteiger partial charge < -0.3 is 9.22 Å². The lowest BCUT2D eigenvalue weighted by Crippen LogP contribution is -2.44. The molecule has 0 bridgehead atoms. The Morgan fingerprint density at radius 1 is 1.04 bits per heavy atom. The second-order valence-electron chi connectivity index (χ2n) is 6.78. The highest BCUT2D eigenvalue weighted by molar-refractivity contribution is 7.24. The number of ether oxygens (including phenoxy) is 1. The second-order valence-corrected chi connectivity index (χ2v) is 7.87. The number of hydrogen-bond donors (Lipinski definition) is 0. The minimum atomic E-state index is 0.0943. The zero-order valence-corrected chi connectivity index (χ0v) is 14.8. The van der Waals surface area contributed by atoms with E-state index in [1.54, 1.807) is 11.3 Å². The minimum Gasteiger partial charge on any atom is -0.325 e. The molecule has 3 nitrogen and oxygen atoms in total. The maximum atomic E-state index is 12.7. The fraction of sp³-hybridized carbons (Fsp3) is 0.316. The molecule has 0 radical (unpaired) electrons. The van der Waals surface area contributed by atoms with Crippen LogP contribution in [0.1, 0.15) is 12.5 Å². The first-order chi connectivity index (χ1) is 10.9. The third-order valence-corrected chi connectivity index (χ3v) is 5.37. The number of quaternary nitrogens is 1. The van der Waals surface area contributed by atoms with Crippen LogP contribution in [0.25, 0.3) is 20.2 Å². The Balaban J connectivity index is 1.97. The zero-order valence-electron chi connectivity index (χ0n) is 14.0. The number of rotatable bonds is 4. The van der Waals surface area contributed by atoms with E-state index in [2.05, 4.69) is 34.1 Å². The van der Waals surface area contributed by atoms with Crippen molar-refractivity contribution in [2.24, 2.45) is 0 Å². The largest absolute Gasteiger partial charge is 0.325 e. The Morgan fingerprint density at radius 3 is 2.48 bits per heavy atom. The van der Waals surface area contributed by atoms with E-state index < -0.39 is 0 Å². The summed E-state index contributed by atoms with van der Waals surface area (Å²) >= 11 is 1.66. The van der Waals surface area contributed by atoms with E-state index in [1.165, 1.54) is 0 Å². The third kappa shape index (κ3) is 3.29. The van der Waals surface area contributed by atoms with Gasteiger partial charge in [0.15, 0.2) is 11.7 Å². The molecule has 0 N–H and O–H groups in total. The zero-order chi connectivity index (χ0) is 16.6. The molecule has 1 unspecified atom stereocenters. The molecule has 0 saturated heterocycles. The highest BCUT2D eigenvalue weighted by Gasteiger charge is 2.18. The van der Waals surface area contributed by atoms with Gasteiger partial charge in [-0.2, -0.15) is 0 Å². The lowest BCUT2D eigenvalue weighted by Gasteiger charge is -2.31. The molecule has 3 rings (SSSR count). The third-order valence-electron chi connectivity index (χ3n) is 4.22. The summed E-state index contributed by atoms with van der Waals surface area (Å²) < 4.78 is 8.75. The Labute approximate surface area is 140 Å². The SMILES string of the molecule is CC(OCc1ccc2sc3ccccc3c(=O)c2c1)[N+](C)(C)C. The monoisotopic (exact) mass is 328 g/mol. The molecule has 0 amide bonds. The summed E-state index contributed by atoms with van der Waals surface area (Å²) in [5.74, 6) is 0. The second kappa shape index (κ2) is 6.04. The summed E-state index contributed by atoms with van der Waals surface area (Å²) in [5, 5.41) is 1.58. The van der Waals surface area contributed by atoms with E-state index in [1.807, 2.05) is 36.4 Å². The number of nitrogens with zero attached hydrogens (tertiary/aromatic N) is 1. The van der Waals surface area contributed by atoms with Gasteiger partial charge in [-0.3, -0.25) is 4.79 Å². The van der Waals surface area contributed by atoms with Crippen LogP contribution in [-0.2, 0) is 11.3 Å². The maximum absolute atomic E-state index is 12.7. The van der Waals surface area contributed by atoms with Gasteiger partial charge in [0, 0.05) is 27.1 Å². The van der Waals surface area contributed by atoms with Gasteiger partial charge in [0.1, 0.15) is 0 Å². The van der Waals surface area contributed by atoms with E-state index in [4.69, 9.17) is 4.74 Å². The molecule has 0 aliphatic carbocycles. The quantitative estimate of drug-likeness (QED) is 0.411. The molecule has 0 aliphatic heterocycles. The molecule has 1 heterocycles. The van der Waals surface area contributed by atoms with Crippen LogP contribution in [0.15, 0.2) is 47.3 Å². The molecule has 23 heavy (non-hydrogen) atoms. The van der Waals surface area contributed by atoms with Crippen molar-refractivity contribution >= 4 is 31.5 Å². The molecule has 1 aromatic heterocycles. The van der Waals surface area contributed by atoms with Crippen molar-refractivity contribution in [3.8, 4) is 0 Å². The highest BCUT2D eigenvalue weighted by atomic mass is 32.1. The van der Waals surface area contributed by atoms with E-state index in [-0.39, 0.29) is 11.7 Å². The summed E-state index contributed by atoms with van der Waals surface area (Å²) in [6.07, 6.45) is 0.0943. The Kier molecular flexibility index (Phi) is 4.23. The molecule has 0 saturated carbocycles. The number of fused-ring (bicyclic) bond motifs is 2. The molecular formula is C19H22NO2S+. The van der Waals surface area contributed by atoms with E-state index in [0.29, 0.717) is 6.61 Å². The lowest BCUT2D eigenvalue weighted by atomic mass is 10.1.